The molecule has 0 radical (unpaired) electrons. The van der Waals surface area contributed by atoms with Crippen molar-refractivity contribution in [2.24, 2.45) is 0 Å². The average Bonchev–Trinajstić information content (AvgIpc) is 2.66. The molecule has 1 aliphatic heterocycles. The first-order valence-electron chi connectivity index (χ1n) is 5.70. The molecule has 1 aromatic heterocycles. The molecule has 0 bridgehead atoms. The molecule has 4 atom stereocenters. The minimum absolute atomic E-state index is 0.318. The minimum atomic E-state index is -1.07. The highest BCUT2D eigenvalue weighted by Crippen LogP contribution is 2.31. The van der Waals surface area contributed by atoms with Gasteiger partial charge < -0.3 is 25.2 Å². The molecular weight excluding hydrogens is 254 g/mol. The van der Waals surface area contributed by atoms with E-state index in [2.05, 4.69) is 4.98 Å². The molecule has 4 N–H and O–H groups in total. The third-order valence-corrected chi connectivity index (χ3v) is 2.52. The van der Waals surface area contributed by atoms with Crippen LogP contribution in [-0.2, 0) is 9.53 Å². The SMILES string of the molecule is CC(=O)O.OC[C@H]1O[C@@H](c2ccccn2)[C@H](O)[C@@H]1O. The maximum Gasteiger partial charge on any atom is 0.300 e. The molecule has 1 aliphatic rings. The molecule has 0 amide bonds. The molecule has 0 spiro atoms. The van der Waals surface area contributed by atoms with Crippen LogP contribution in [0.3, 0.4) is 0 Å². The first-order valence-corrected chi connectivity index (χ1v) is 5.70. The normalized spacial score (nSPS) is 29.5. The Hall–Kier alpha value is -1.54. The molecule has 0 aliphatic carbocycles. The van der Waals surface area contributed by atoms with E-state index in [9.17, 15) is 10.2 Å². The van der Waals surface area contributed by atoms with Gasteiger partial charge in [0, 0.05) is 13.1 Å². The van der Waals surface area contributed by atoms with E-state index in [4.69, 9.17) is 19.7 Å². The van der Waals surface area contributed by atoms with Crippen molar-refractivity contribution < 1.29 is 30.0 Å². The fourth-order valence-electron chi connectivity index (χ4n) is 1.69. The number of ether oxygens (including phenoxy) is 1. The second-order valence-corrected chi connectivity index (χ2v) is 4.03. The fraction of sp³-hybridized carbons (Fsp3) is 0.500. The molecule has 1 aromatic rings. The zero-order valence-corrected chi connectivity index (χ0v) is 10.4. The summed E-state index contributed by atoms with van der Waals surface area (Å²) in [6.07, 6.45) is -1.94. The van der Waals surface area contributed by atoms with Gasteiger partial charge in [-0.2, -0.15) is 0 Å². The summed E-state index contributed by atoms with van der Waals surface area (Å²) < 4.78 is 5.31. The molecular formula is C12H17NO6. The minimum Gasteiger partial charge on any atom is -0.481 e. The summed E-state index contributed by atoms with van der Waals surface area (Å²) in [6, 6.07) is 5.24. The number of carboxylic acid groups (broad SMARTS) is 1. The van der Waals surface area contributed by atoms with Crippen LogP contribution in [0.25, 0.3) is 0 Å². The van der Waals surface area contributed by atoms with Crippen LogP contribution in [0.15, 0.2) is 24.4 Å². The molecule has 1 fully saturated rings. The van der Waals surface area contributed by atoms with Crippen molar-refractivity contribution in [3.63, 3.8) is 0 Å². The summed E-state index contributed by atoms with van der Waals surface area (Å²) in [7, 11) is 0. The van der Waals surface area contributed by atoms with E-state index < -0.39 is 30.4 Å². The number of aromatic nitrogens is 1. The number of aliphatic carboxylic acids is 1. The summed E-state index contributed by atoms with van der Waals surface area (Å²) in [5.41, 5.74) is 0.556. The van der Waals surface area contributed by atoms with Crippen LogP contribution in [0, 0.1) is 0 Å². The summed E-state index contributed by atoms with van der Waals surface area (Å²) >= 11 is 0. The van der Waals surface area contributed by atoms with Crippen LogP contribution in [0.4, 0.5) is 0 Å². The largest absolute Gasteiger partial charge is 0.481 e. The van der Waals surface area contributed by atoms with E-state index in [-0.39, 0.29) is 6.61 Å². The predicted octanol–water partition coefficient (Wildman–Crippen LogP) is -0.674. The molecule has 0 unspecified atom stereocenters. The van der Waals surface area contributed by atoms with Gasteiger partial charge in [0.15, 0.2) is 0 Å². The predicted molar refractivity (Wildman–Crippen MR) is 64.3 cm³/mol. The molecule has 19 heavy (non-hydrogen) atoms. The smallest absolute Gasteiger partial charge is 0.300 e. The highest BCUT2D eigenvalue weighted by molar-refractivity contribution is 5.62. The Morgan fingerprint density at radius 1 is 1.37 bits per heavy atom. The van der Waals surface area contributed by atoms with Gasteiger partial charge in [0.25, 0.3) is 5.97 Å². The number of hydrogen-bond acceptors (Lipinski definition) is 6. The maximum absolute atomic E-state index is 9.69. The van der Waals surface area contributed by atoms with Crippen LogP contribution >= 0.6 is 0 Å². The number of aliphatic hydroxyl groups is 3. The lowest BCUT2D eigenvalue weighted by atomic mass is 10.1. The van der Waals surface area contributed by atoms with Crippen molar-refractivity contribution in [1.29, 1.82) is 0 Å². The van der Waals surface area contributed by atoms with Crippen LogP contribution in [0.5, 0.6) is 0 Å². The number of carbonyl (C=O) groups is 1. The number of rotatable bonds is 2. The lowest BCUT2D eigenvalue weighted by Gasteiger charge is -2.13. The Balaban J connectivity index is 0.000000399. The quantitative estimate of drug-likeness (QED) is 0.562. The zero-order valence-electron chi connectivity index (χ0n) is 10.4. The second kappa shape index (κ2) is 7.15. The Morgan fingerprint density at radius 2 is 2.00 bits per heavy atom. The van der Waals surface area contributed by atoms with E-state index in [0.29, 0.717) is 5.69 Å². The molecule has 2 heterocycles. The Morgan fingerprint density at radius 3 is 2.42 bits per heavy atom. The van der Waals surface area contributed by atoms with E-state index in [0.717, 1.165) is 6.92 Å². The van der Waals surface area contributed by atoms with Gasteiger partial charge in [-0.05, 0) is 12.1 Å². The summed E-state index contributed by atoms with van der Waals surface area (Å²) in [5, 5.41) is 35.5. The fourth-order valence-corrected chi connectivity index (χ4v) is 1.69. The van der Waals surface area contributed by atoms with E-state index in [1.54, 1.807) is 24.4 Å². The number of carboxylic acids is 1. The van der Waals surface area contributed by atoms with Crippen molar-refractivity contribution >= 4 is 5.97 Å². The van der Waals surface area contributed by atoms with Gasteiger partial charge in [0.05, 0.1) is 12.3 Å². The van der Waals surface area contributed by atoms with E-state index in [1.165, 1.54) is 0 Å². The molecule has 2 rings (SSSR count). The Kier molecular flexibility index (Phi) is 5.84. The number of pyridine rings is 1. The van der Waals surface area contributed by atoms with Crippen molar-refractivity contribution in [3.8, 4) is 0 Å². The third kappa shape index (κ3) is 4.25. The second-order valence-electron chi connectivity index (χ2n) is 4.03. The van der Waals surface area contributed by atoms with Gasteiger partial charge in [-0.15, -0.1) is 0 Å². The lowest BCUT2D eigenvalue weighted by molar-refractivity contribution is -0.134. The van der Waals surface area contributed by atoms with E-state index in [1.807, 2.05) is 0 Å². The maximum atomic E-state index is 9.69. The number of hydrogen-bond donors (Lipinski definition) is 4. The number of nitrogens with zero attached hydrogens (tertiary/aromatic N) is 1. The van der Waals surface area contributed by atoms with Gasteiger partial charge in [-0.3, -0.25) is 9.78 Å². The van der Waals surface area contributed by atoms with Gasteiger partial charge in [-0.25, -0.2) is 0 Å². The molecule has 0 aromatic carbocycles. The highest BCUT2D eigenvalue weighted by atomic mass is 16.6. The van der Waals surface area contributed by atoms with Gasteiger partial charge in [-0.1, -0.05) is 6.07 Å². The Labute approximate surface area is 110 Å². The monoisotopic (exact) mass is 271 g/mol. The zero-order chi connectivity index (χ0) is 14.4. The van der Waals surface area contributed by atoms with Crippen molar-refractivity contribution in [2.75, 3.05) is 6.61 Å². The topological polar surface area (TPSA) is 120 Å². The van der Waals surface area contributed by atoms with Crippen LogP contribution in [0.1, 0.15) is 18.7 Å². The van der Waals surface area contributed by atoms with Crippen LogP contribution < -0.4 is 0 Å². The Bertz CT molecular complexity index is 394. The van der Waals surface area contributed by atoms with Crippen LogP contribution in [-0.4, -0.2) is 56.3 Å². The van der Waals surface area contributed by atoms with Gasteiger partial charge in [0.1, 0.15) is 24.4 Å². The van der Waals surface area contributed by atoms with Crippen molar-refractivity contribution in [2.45, 2.75) is 31.3 Å². The van der Waals surface area contributed by atoms with Crippen LogP contribution in [0.2, 0.25) is 0 Å². The third-order valence-electron chi connectivity index (χ3n) is 2.52. The van der Waals surface area contributed by atoms with Gasteiger partial charge in [0.2, 0.25) is 0 Å². The summed E-state index contributed by atoms with van der Waals surface area (Å²) in [6.45, 7) is 0.765. The lowest BCUT2D eigenvalue weighted by Crippen LogP contribution is -2.32. The molecule has 7 nitrogen and oxygen atoms in total. The summed E-state index contributed by atoms with van der Waals surface area (Å²) in [5.74, 6) is -0.833. The number of aliphatic hydroxyl groups excluding tert-OH is 3. The molecule has 106 valence electrons. The first-order chi connectivity index (χ1) is 8.97. The van der Waals surface area contributed by atoms with Crippen molar-refractivity contribution in [1.82, 2.24) is 4.98 Å². The molecule has 7 heteroatoms. The first kappa shape index (κ1) is 15.5. The molecule has 0 saturated carbocycles. The van der Waals surface area contributed by atoms with E-state index >= 15 is 0 Å². The van der Waals surface area contributed by atoms with Crippen molar-refractivity contribution in [3.05, 3.63) is 30.1 Å². The molecule has 1 saturated heterocycles. The summed E-state index contributed by atoms with van der Waals surface area (Å²) in [4.78, 5) is 13.0. The van der Waals surface area contributed by atoms with Gasteiger partial charge >= 0.3 is 0 Å². The highest BCUT2D eigenvalue weighted by Gasteiger charge is 2.43. The standard InChI is InChI=1S/C10H13NO4.C2H4O2/c12-5-7-8(13)9(14)10(15-7)6-3-1-2-4-11-6;1-2(3)4/h1-4,7-10,12-14H,5H2;1H3,(H,3,4)/t7-,8-,9-,10+;/m1./s1. The average molecular weight is 271 g/mol.